The van der Waals surface area contributed by atoms with E-state index in [4.69, 9.17) is 22.6 Å². The summed E-state index contributed by atoms with van der Waals surface area (Å²) in [6, 6.07) is 8.69. The first-order valence-corrected chi connectivity index (χ1v) is 5.27. The van der Waals surface area contributed by atoms with Crippen molar-refractivity contribution < 1.29 is 5.11 Å². The first-order valence-electron chi connectivity index (χ1n) is 4.89. The van der Waals surface area contributed by atoms with Gasteiger partial charge in [-0.25, -0.2) is 0 Å². The Morgan fingerprint density at radius 1 is 1.28 bits per heavy atom. The molecule has 1 heterocycles. The average Bonchev–Trinajstić information content (AvgIpc) is 2.37. The predicted octanol–water partition coefficient (Wildman–Crippen LogP) is 2.03. The highest BCUT2D eigenvalue weighted by Gasteiger charge is 2.09. The summed E-state index contributed by atoms with van der Waals surface area (Å²) in [5.41, 5.74) is 6.67. The zero-order chi connectivity index (χ0) is 13.1. The third kappa shape index (κ3) is 2.42. The fourth-order valence-electron chi connectivity index (χ4n) is 1.26. The fraction of sp³-hybridized carbons (Fsp3) is 0. The molecule has 4 N–H and O–H groups in total. The van der Waals surface area contributed by atoms with Crippen molar-refractivity contribution in [3.8, 4) is 11.8 Å². The molecule has 1 aromatic heterocycles. The number of nitrogens with one attached hydrogen (secondary N) is 1. The number of benzene rings is 1. The second-order valence-electron chi connectivity index (χ2n) is 3.39. The number of nitrogens with zero attached hydrogens (tertiary/aromatic N) is 3. The number of anilines is 3. The highest BCUT2D eigenvalue weighted by atomic mass is 35.5. The van der Waals surface area contributed by atoms with Crippen LogP contribution in [0.25, 0.3) is 0 Å². The number of hydrogen-bond acceptors (Lipinski definition) is 6. The fourth-order valence-corrected chi connectivity index (χ4v) is 1.43. The Balaban J connectivity index is 2.26. The minimum atomic E-state index is -0.345. The summed E-state index contributed by atoms with van der Waals surface area (Å²) in [5.74, 6) is -0.284. The van der Waals surface area contributed by atoms with E-state index in [0.717, 1.165) is 0 Å². The van der Waals surface area contributed by atoms with Crippen molar-refractivity contribution in [1.82, 2.24) is 9.97 Å². The van der Waals surface area contributed by atoms with E-state index >= 15 is 0 Å². The molecule has 0 saturated heterocycles. The van der Waals surface area contributed by atoms with E-state index in [9.17, 15) is 5.11 Å². The van der Waals surface area contributed by atoms with E-state index in [0.29, 0.717) is 11.3 Å². The summed E-state index contributed by atoms with van der Waals surface area (Å²) in [7, 11) is 0. The summed E-state index contributed by atoms with van der Waals surface area (Å²) in [5, 5.41) is 20.7. The normalized spacial score (nSPS) is 9.78. The maximum atomic E-state index is 9.32. The van der Waals surface area contributed by atoms with Crippen molar-refractivity contribution in [3.63, 3.8) is 0 Å². The summed E-state index contributed by atoms with van der Waals surface area (Å²) < 4.78 is 0. The Hall–Kier alpha value is -2.52. The average molecular weight is 262 g/mol. The van der Waals surface area contributed by atoms with Crippen molar-refractivity contribution in [2.24, 2.45) is 0 Å². The lowest BCUT2D eigenvalue weighted by molar-refractivity contribution is 0.473. The van der Waals surface area contributed by atoms with Gasteiger partial charge in [0.05, 0.1) is 11.6 Å². The van der Waals surface area contributed by atoms with Gasteiger partial charge < -0.3 is 16.2 Å². The zero-order valence-corrected chi connectivity index (χ0v) is 9.81. The standard InChI is InChI=1S/C11H8ClN5O/c12-9-8(18)10(14)17-11(16-9)15-7-3-1-6(5-13)2-4-7/h1-4,18H,(H3,14,15,16,17). The van der Waals surface area contributed by atoms with Gasteiger partial charge in [0.2, 0.25) is 5.95 Å². The van der Waals surface area contributed by atoms with Gasteiger partial charge in [-0.15, -0.1) is 0 Å². The quantitative estimate of drug-likeness (QED) is 0.714. The number of hydrogen-bond donors (Lipinski definition) is 3. The molecular weight excluding hydrogens is 254 g/mol. The molecule has 0 aliphatic rings. The molecule has 0 saturated carbocycles. The molecular formula is C11H8ClN5O. The molecule has 0 aliphatic carbocycles. The van der Waals surface area contributed by atoms with Crippen LogP contribution in [0.2, 0.25) is 5.15 Å². The van der Waals surface area contributed by atoms with Crippen LogP contribution in [0.1, 0.15) is 5.56 Å². The topological polar surface area (TPSA) is 108 Å². The largest absolute Gasteiger partial charge is 0.502 e. The molecule has 0 amide bonds. The SMILES string of the molecule is N#Cc1ccc(Nc2nc(N)c(O)c(Cl)n2)cc1. The van der Waals surface area contributed by atoms with Gasteiger partial charge >= 0.3 is 0 Å². The van der Waals surface area contributed by atoms with Gasteiger partial charge in [-0.05, 0) is 24.3 Å². The minimum Gasteiger partial charge on any atom is -0.502 e. The van der Waals surface area contributed by atoms with Crippen LogP contribution < -0.4 is 11.1 Å². The Bertz CT molecular complexity index is 597. The molecule has 0 bridgehead atoms. The summed E-state index contributed by atoms with van der Waals surface area (Å²) in [6.07, 6.45) is 0. The Morgan fingerprint density at radius 2 is 1.94 bits per heavy atom. The van der Waals surface area contributed by atoms with Gasteiger partial charge in [0.25, 0.3) is 0 Å². The lowest BCUT2D eigenvalue weighted by Crippen LogP contribution is -2.01. The molecule has 0 atom stereocenters. The molecule has 1 aromatic carbocycles. The van der Waals surface area contributed by atoms with Gasteiger partial charge in [0.1, 0.15) is 0 Å². The van der Waals surface area contributed by atoms with Crippen molar-refractivity contribution in [3.05, 3.63) is 35.0 Å². The van der Waals surface area contributed by atoms with Gasteiger partial charge in [0, 0.05) is 5.69 Å². The van der Waals surface area contributed by atoms with Crippen LogP contribution in [0.5, 0.6) is 5.75 Å². The maximum Gasteiger partial charge on any atom is 0.230 e. The van der Waals surface area contributed by atoms with Crippen LogP contribution in [0.15, 0.2) is 24.3 Å². The molecule has 0 radical (unpaired) electrons. The number of rotatable bonds is 2. The van der Waals surface area contributed by atoms with Crippen LogP contribution in [0.4, 0.5) is 17.5 Å². The zero-order valence-electron chi connectivity index (χ0n) is 9.05. The van der Waals surface area contributed by atoms with E-state index in [2.05, 4.69) is 15.3 Å². The van der Waals surface area contributed by atoms with Crippen molar-refractivity contribution >= 4 is 29.1 Å². The Kier molecular flexibility index (Phi) is 3.17. The number of halogens is 1. The lowest BCUT2D eigenvalue weighted by atomic mass is 10.2. The molecule has 90 valence electrons. The van der Waals surface area contributed by atoms with Crippen LogP contribution >= 0.6 is 11.6 Å². The van der Waals surface area contributed by atoms with Gasteiger partial charge in [-0.2, -0.15) is 15.2 Å². The summed E-state index contributed by atoms with van der Waals surface area (Å²) in [4.78, 5) is 7.65. The summed E-state index contributed by atoms with van der Waals surface area (Å²) >= 11 is 5.67. The second-order valence-corrected chi connectivity index (χ2v) is 3.74. The maximum absolute atomic E-state index is 9.32. The monoisotopic (exact) mass is 261 g/mol. The Morgan fingerprint density at radius 3 is 2.50 bits per heavy atom. The molecule has 2 rings (SSSR count). The van der Waals surface area contributed by atoms with E-state index in [1.54, 1.807) is 24.3 Å². The van der Waals surface area contributed by atoms with Gasteiger partial charge in [-0.3, -0.25) is 0 Å². The first kappa shape index (κ1) is 12.0. The predicted molar refractivity (Wildman–Crippen MR) is 67.6 cm³/mol. The molecule has 2 aromatic rings. The Labute approximate surface area is 108 Å². The number of nitrogens with two attached hydrogens (primary N) is 1. The minimum absolute atomic E-state index is 0.105. The van der Waals surface area contributed by atoms with E-state index in [-0.39, 0.29) is 22.7 Å². The van der Waals surface area contributed by atoms with E-state index in [1.807, 2.05) is 6.07 Å². The third-order valence-corrected chi connectivity index (χ3v) is 2.40. The second kappa shape index (κ2) is 4.77. The number of nitriles is 1. The highest BCUT2D eigenvalue weighted by molar-refractivity contribution is 6.31. The third-order valence-electron chi connectivity index (χ3n) is 2.14. The smallest absolute Gasteiger partial charge is 0.230 e. The van der Waals surface area contributed by atoms with Crippen molar-refractivity contribution in [1.29, 1.82) is 5.26 Å². The molecule has 0 unspecified atom stereocenters. The molecule has 0 aliphatic heterocycles. The molecule has 18 heavy (non-hydrogen) atoms. The van der Waals surface area contributed by atoms with Crippen LogP contribution in [-0.2, 0) is 0 Å². The first-order chi connectivity index (χ1) is 8.60. The lowest BCUT2D eigenvalue weighted by Gasteiger charge is -2.07. The number of nitrogen functional groups attached to an aromatic ring is 1. The summed E-state index contributed by atoms with van der Waals surface area (Å²) in [6.45, 7) is 0. The van der Waals surface area contributed by atoms with E-state index < -0.39 is 0 Å². The van der Waals surface area contributed by atoms with Crippen LogP contribution in [-0.4, -0.2) is 15.1 Å². The molecule has 0 fully saturated rings. The van der Waals surface area contributed by atoms with Crippen molar-refractivity contribution in [2.75, 3.05) is 11.1 Å². The number of aromatic nitrogens is 2. The molecule has 7 heteroatoms. The van der Waals surface area contributed by atoms with E-state index in [1.165, 1.54) is 0 Å². The van der Waals surface area contributed by atoms with Gasteiger partial charge in [-0.1, -0.05) is 11.6 Å². The molecule has 6 nitrogen and oxygen atoms in total. The van der Waals surface area contributed by atoms with Gasteiger partial charge in [0.15, 0.2) is 16.7 Å². The van der Waals surface area contributed by atoms with Crippen LogP contribution in [0, 0.1) is 11.3 Å². The van der Waals surface area contributed by atoms with Crippen molar-refractivity contribution in [2.45, 2.75) is 0 Å². The number of aromatic hydroxyl groups is 1. The van der Waals surface area contributed by atoms with Crippen LogP contribution in [0.3, 0.4) is 0 Å². The highest BCUT2D eigenvalue weighted by Crippen LogP contribution is 2.28. The molecule has 0 spiro atoms.